The minimum Gasteiger partial charge on any atom is -0.340 e. The highest BCUT2D eigenvalue weighted by molar-refractivity contribution is 6.00. The zero-order valence-electron chi connectivity index (χ0n) is 13.4. The molecule has 3 fully saturated rings. The molecule has 4 nitrogen and oxygen atoms in total. The van der Waals surface area contributed by atoms with E-state index in [9.17, 15) is 9.59 Å². The van der Waals surface area contributed by atoms with E-state index in [0.717, 1.165) is 38.5 Å². The zero-order chi connectivity index (χ0) is 15.1. The van der Waals surface area contributed by atoms with Crippen LogP contribution in [-0.4, -0.2) is 33.8 Å². The van der Waals surface area contributed by atoms with E-state index in [1.807, 2.05) is 11.8 Å². The van der Waals surface area contributed by atoms with Gasteiger partial charge in [0, 0.05) is 5.54 Å². The van der Waals surface area contributed by atoms with Crippen molar-refractivity contribution in [2.75, 3.05) is 0 Å². The van der Waals surface area contributed by atoms with Crippen molar-refractivity contribution >= 4 is 11.8 Å². The van der Waals surface area contributed by atoms with Crippen LogP contribution in [0.25, 0.3) is 0 Å². The van der Waals surface area contributed by atoms with E-state index in [2.05, 4.69) is 12.2 Å². The Hall–Kier alpha value is -1.06. The Balaban J connectivity index is 1.96. The first kappa shape index (κ1) is 14.9. The van der Waals surface area contributed by atoms with Gasteiger partial charge in [-0.3, -0.25) is 9.59 Å². The van der Waals surface area contributed by atoms with Gasteiger partial charge < -0.3 is 10.2 Å². The Morgan fingerprint density at radius 2 is 1.62 bits per heavy atom. The van der Waals surface area contributed by atoms with Crippen LogP contribution in [0.3, 0.4) is 0 Å². The highest BCUT2D eigenvalue weighted by Crippen LogP contribution is 2.42. The molecule has 4 heteroatoms. The molecular weight excluding hydrogens is 264 g/mol. The standard InChI is InChI=1S/C17H28N2O2/c1-3-13-14(20)18-17(11-7-8-12-17)15(21)19(13)16(2)9-5-4-6-10-16/h13H,3-12H2,1-2H3,(H,18,20). The monoisotopic (exact) mass is 292 g/mol. The normalized spacial score (nSPS) is 31.5. The van der Waals surface area contributed by atoms with Crippen LogP contribution in [0.15, 0.2) is 0 Å². The third-order valence-corrected chi connectivity index (χ3v) is 5.96. The maximum Gasteiger partial charge on any atom is 0.249 e. The number of rotatable bonds is 2. The number of hydrogen-bond donors (Lipinski definition) is 1. The Morgan fingerprint density at radius 3 is 2.19 bits per heavy atom. The molecule has 1 N–H and O–H groups in total. The SMILES string of the molecule is CCC1C(=O)NC2(CCCC2)C(=O)N1C1(C)CCCCC1. The molecule has 0 aromatic rings. The van der Waals surface area contributed by atoms with Gasteiger partial charge in [-0.05, 0) is 39.0 Å². The van der Waals surface area contributed by atoms with Gasteiger partial charge in [-0.1, -0.05) is 39.0 Å². The van der Waals surface area contributed by atoms with Gasteiger partial charge in [0.1, 0.15) is 11.6 Å². The van der Waals surface area contributed by atoms with Gasteiger partial charge in [-0.2, -0.15) is 0 Å². The molecule has 2 aliphatic carbocycles. The summed E-state index contributed by atoms with van der Waals surface area (Å²) in [4.78, 5) is 27.9. The number of nitrogens with one attached hydrogen (secondary N) is 1. The van der Waals surface area contributed by atoms with Gasteiger partial charge in [0.05, 0.1) is 0 Å². The number of amides is 2. The Morgan fingerprint density at radius 1 is 1.05 bits per heavy atom. The molecule has 0 aromatic heterocycles. The maximum atomic E-state index is 13.3. The number of nitrogens with zero attached hydrogens (tertiary/aromatic N) is 1. The number of piperazine rings is 1. The number of carbonyl (C=O) groups excluding carboxylic acids is 2. The Labute approximate surface area is 127 Å². The van der Waals surface area contributed by atoms with Crippen molar-refractivity contribution < 1.29 is 9.59 Å². The van der Waals surface area contributed by atoms with Gasteiger partial charge in [-0.25, -0.2) is 0 Å². The molecule has 3 rings (SSSR count). The van der Waals surface area contributed by atoms with Gasteiger partial charge >= 0.3 is 0 Å². The fourth-order valence-corrected chi connectivity index (χ4v) is 4.72. The van der Waals surface area contributed by atoms with Crippen molar-refractivity contribution in [1.29, 1.82) is 0 Å². The molecule has 1 saturated heterocycles. The third-order valence-electron chi connectivity index (χ3n) is 5.96. The van der Waals surface area contributed by atoms with Crippen molar-refractivity contribution in [3.05, 3.63) is 0 Å². The molecule has 21 heavy (non-hydrogen) atoms. The van der Waals surface area contributed by atoms with Gasteiger partial charge in [0.25, 0.3) is 0 Å². The lowest BCUT2D eigenvalue weighted by Crippen LogP contribution is -2.73. The highest BCUT2D eigenvalue weighted by Gasteiger charge is 2.55. The van der Waals surface area contributed by atoms with E-state index >= 15 is 0 Å². The molecule has 118 valence electrons. The second-order valence-electron chi connectivity index (χ2n) is 7.44. The van der Waals surface area contributed by atoms with E-state index in [1.54, 1.807) is 0 Å². The molecule has 2 saturated carbocycles. The fourth-order valence-electron chi connectivity index (χ4n) is 4.72. The topological polar surface area (TPSA) is 49.4 Å². The maximum absolute atomic E-state index is 13.3. The molecule has 0 aromatic carbocycles. The van der Waals surface area contributed by atoms with Crippen LogP contribution in [0.4, 0.5) is 0 Å². The molecule has 1 spiro atoms. The first-order chi connectivity index (χ1) is 10.0. The van der Waals surface area contributed by atoms with Crippen LogP contribution in [0.1, 0.15) is 78.1 Å². The number of carbonyl (C=O) groups is 2. The fraction of sp³-hybridized carbons (Fsp3) is 0.882. The van der Waals surface area contributed by atoms with Crippen molar-refractivity contribution in [3.8, 4) is 0 Å². The second kappa shape index (κ2) is 5.29. The predicted octanol–water partition coefficient (Wildman–Crippen LogP) is 2.76. The van der Waals surface area contributed by atoms with E-state index in [1.165, 1.54) is 19.3 Å². The van der Waals surface area contributed by atoms with Crippen molar-refractivity contribution in [2.24, 2.45) is 0 Å². The number of hydrogen-bond acceptors (Lipinski definition) is 2. The molecule has 1 aliphatic heterocycles. The summed E-state index contributed by atoms with van der Waals surface area (Å²) in [5.41, 5.74) is -0.702. The summed E-state index contributed by atoms with van der Waals surface area (Å²) >= 11 is 0. The summed E-state index contributed by atoms with van der Waals surface area (Å²) in [6.07, 6.45) is 10.1. The van der Waals surface area contributed by atoms with Crippen LogP contribution < -0.4 is 5.32 Å². The van der Waals surface area contributed by atoms with Crippen molar-refractivity contribution in [3.63, 3.8) is 0 Å². The summed E-state index contributed by atoms with van der Waals surface area (Å²) in [5, 5.41) is 3.10. The van der Waals surface area contributed by atoms with E-state index in [0.29, 0.717) is 6.42 Å². The zero-order valence-corrected chi connectivity index (χ0v) is 13.4. The lowest BCUT2D eigenvalue weighted by Gasteiger charge is -2.53. The van der Waals surface area contributed by atoms with Crippen LogP contribution in [0.5, 0.6) is 0 Å². The van der Waals surface area contributed by atoms with E-state index < -0.39 is 5.54 Å². The highest BCUT2D eigenvalue weighted by atomic mass is 16.2. The minimum absolute atomic E-state index is 0.0748. The molecule has 1 heterocycles. The molecule has 3 aliphatic rings. The molecule has 0 radical (unpaired) electrons. The summed E-state index contributed by atoms with van der Waals surface area (Å²) in [6.45, 7) is 4.22. The van der Waals surface area contributed by atoms with Crippen LogP contribution in [-0.2, 0) is 9.59 Å². The molecule has 2 amide bonds. The Kier molecular flexibility index (Phi) is 3.74. The van der Waals surface area contributed by atoms with Crippen LogP contribution >= 0.6 is 0 Å². The van der Waals surface area contributed by atoms with Gasteiger partial charge in [-0.15, -0.1) is 0 Å². The lowest BCUT2D eigenvalue weighted by molar-refractivity contribution is -0.164. The smallest absolute Gasteiger partial charge is 0.249 e. The molecule has 1 unspecified atom stereocenters. The average Bonchev–Trinajstić information content (AvgIpc) is 2.92. The molecule has 0 bridgehead atoms. The van der Waals surface area contributed by atoms with Crippen LogP contribution in [0.2, 0.25) is 0 Å². The predicted molar refractivity (Wildman–Crippen MR) is 81.8 cm³/mol. The summed E-state index contributed by atoms with van der Waals surface area (Å²) in [6, 6.07) is -0.271. The summed E-state index contributed by atoms with van der Waals surface area (Å²) < 4.78 is 0. The first-order valence-corrected chi connectivity index (χ1v) is 8.68. The summed E-state index contributed by atoms with van der Waals surface area (Å²) in [7, 11) is 0. The molecular formula is C17H28N2O2. The van der Waals surface area contributed by atoms with E-state index in [4.69, 9.17) is 0 Å². The van der Waals surface area contributed by atoms with Crippen molar-refractivity contribution in [1.82, 2.24) is 10.2 Å². The lowest BCUT2D eigenvalue weighted by atomic mass is 9.77. The Bertz CT molecular complexity index is 434. The van der Waals surface area contributed by atoms with E-state index in [-0.39, 0.29) is 23.4 Å². The summed E-state index contributed by atoms with van der Waals surface area (Å²) in [5.74, 6) is 0.279. The second-order valence-corrected chi connectivity index (χ2v) is 7.44. The van der Waals surface area contributed by atoms with Crippen molar-refractivity contribution in [2.45, 2.75) is 95.2 Å². The quantitative estimate of drug-likeness (QED) is 0.851. The third kappa shape index (κ3) is 2.27. The average molecular weight is 292 g/mol. The van der Waals surface area contributed by atoms with Gasteiger partial charge in [0.2, 0.25) is 11.8 Å². The van der Waals surface area contributed by atoms with Gasteiger partial charge in [0.15, 0.2) is 0 Å². The van der Waals surface area contributed by atoms with Crippen LogP contribution in [0, 0.1) is 0 Å². The minimum atomic E-state index is -0.580. The molecule has 1 atom stereocenters. The largest absolute Gasteiger partial charge is 0.340 e. The first-order valence-electron chi connectivity index (χ1n) is 8.68.